The monoisotopic (exact) mass is 322 g/mol. The number of benzene rings is 1. The van der Waals surface area contributed by atoms with Crippen LogP contribution in [0.25, 0.3) is 0 Å². The van der Waals surface area contributed by atoms with Crippen LogP contribution >= 0.6 is 12.4 Å². The van der Waals surface area contributed by atoms with E-state index in [4.69, 9.17) is 0 Å². The SMILES string of the molecule is CCN[C@H](C)CNC(=O)Cc1ccccc1OC(F)F.Cl. The summed E-state index contributed by atoms with van der Waals surface area (Å²) in [6.45, 7) is 2.36. The van der Waals surface area contributed by atoms with Gasteiger partial charge in [-0.05, 0) is 19.5 Å². The van der Waals surface area contributed by atoms with Gasteiger partial charge in [0.2, 0.25) is 5.91 Å². The molecule has 0 spiro atoms. The van der Waals surface area contributed by atoms with Crippen LogP contribution in [-0.2, 0) is 11.2 Å². The largest absolute Gasteiger partial charge is 0.435 e. The Bertz CT molecular complexity index is 433. The Morgan fingerprint density at radius 2 is 2.00 bits per heavy atom. The van der Waals surface area contributed by atoms with Gasteiger partial charge in [0.05, 0.1) is 6.42 Å². The van der Waals surface area contributed by atoms with Gasteiger partial charge in [-0.15, -0.1) is 12.4 Å². The number of likely N-dealkylation sites (N-methyl/N-ethyl adjacent to an activating group) is 1. The first-order valence-electron chi connectivity index (χ1n) is 6.55. The van der Waals surface area contributed by atoms with Crippen LogP contribution in [0.2, 0.25) is 0 Å². The molecule has 0 heterocycles. The van der Waals surface area contributed by atoms with E-state index in [0.717, 1.165) is 6.54 Å². The molecule has 0 aliphatic heterocycles. The number of rotatable bonds is 8. The van der Waals surface area contributed by atoms with Crippen LogP contribution in [0.3, 0.4) is 0 Å². The summed E-state index contributed by atoms with van der Waals surface area (Å²) in [4.78, 5) is 11.8. The topological polar surface area (TPSA) is 50.4 Å². The summed E-state index contributed by atoms with van der Waals surface area (Å²) in [7, 11) is 0. The van der Waals surface area contributed by atoms with Crippen molar-refractivity contribution in [3.05, 3.63) is 29.8 Å². The number of hydrogen-bond acceptors (Lipinski definition) is 3. The van der Waals surface area contributed by atoms with Crippen molar-refractivity contribution in [2.45, 2.75) is 32.9 Å². The van der Waals surface area contributed by atoms with E-state index >= 15 is 0 Å². The lowest BCUT2D eigenvalue weighted by Gasteiger charge is -2.14. The van der Waals surface area contributed by atoms with Gasteiger partial charge < -0.3 is 15.4 Å². The number of nitrogens with one attached hydrogen (secondary N) is 2. The minimum Gasteiger partial charge on any atom is -0.435 e. The Balaban J connectivity index is 0.00000400. The van der Waals surface area contributed by atoms with Gasteiger partial charge in [0.15, 0.2) is 0 Å². The maximum atomic E-state index is 12.2. The average molecular weight is 323 g/mol. The van der Waals surface area contributed by atoms with Gasteiger partial charge >= 0.3 is 6.61 Å². The Morgan fingerprint density at radius 1 is 1.33 bits per heavy atom. The van der Waals surface area contributed by atoms with E-state index in [2.05, 4.69) is 15.4 Å². The highest BCUT2D eigenvalue weighted by Gasteiger charge is 2.12. The number of amides is 1. The second kappa shape index (κ2) is 10.3. The smallest absolute Gasteiger partial charge is 0.387 e. The minimum absolute atomic E-state index is 0. The van der Waals surface area contributed by atoms with Crippen LogP contribution in [0.15, 0.2) is 24.3 Å². The van der Waals surface area contributed by atoms with Gasteiger partial charge in [-0.2, -0.15) is 8.78 Å². The maximum Gasteiger partial charge on any atom is 0.387 e. The van der Waals surface area contributed by atoms with Crippen LogP contribution in [-0.4, -0.2) is 31.7 Å². The Kier molecular flexibility index (Phi) is 9.65. The van der Waals surface area contributed by atoms with E-state index in [0.29, 0.717) is 12.1 Å². The molecule has 120 valence electrons. The molecule has 0 bridgehead atoms. The van der Waals surface area contributed by atoms with Gasteiger partial charge in [0, 0.05) is 18.2 Å². The summed E-state index contributed by atoms with van der Waals surface area (Å²) in [6, 6.07) is 6.46. The molecule has 1 aromatic rings. The molecule has 1 aromatic carbocycles. The van der Waals surface area contributed by atoms with Crippen molar-refractivity contribution in [1.29, 1.82) is 0 Å². The van der Waals surface area contributed by atoms with Crippen molar-refractivity contribution < 1.29 is 18.3 Å². The van der Waals surface area contributed by atoms with Crippen LogP contribution in [0.4, 0.5) is 8.78 Å². The summed E-state index contributed by atoms with van der Waals surface area (Å²) in [5, 5.41) is 5.92. The molecule has 1 rings (SSSR count). The number of carbonyl (C=O) groups is 1. The average Bonchev–Trinajstić information content (AvgIpc) is 2.38. The first-order valence-corrected chi connectivity index (χ1v) is 6.55. The van der Waals surface area contributed by atoms with Gasteiger partial charge in [-0.1, -0.05) is 25.1 Å². The van der Waals surface area contributed by atoms with Crippen molar-refractivity contribution in [3.8, 4) is 5.75 Å². The zero-order chi connectivity index (χ0) is 15.0. The van der Waals surface area contributed by atoms with Crippen molar-refractivity contribution in [1.82, 2.24) is 10.6 Å². The number of ether oxygens (including phenoxy) is 1. The molecule has 0 saturated carbocycles. The highest BCUT2D eigenvalue weighted by atomic mass is 35.5. The first-order chi connectivity index (χ1) is 9.52. The molecule has 2 N–H and O–H groups in total. The molecule has 0 aliphatic carbocycles. The molecule has 0 saturated heterocycles. The van der Waals surface area contributed by atoms with Crippen LogP contribution in [0.1, 0.15) is 19.4 Å². The third kappa shape index (κ3) is 7.82. The molecule has 21 heavy (non-hydrogen) atoms. The van der Waals surface area contributed by atoms with Crippen LogP contribution < -0.4 is 15.4 Å². The summed E-state index contributed by atoms with van der Waals surface area (Å²) in [5.74, 6) is -0.183. The second-order valence-electron chi connectivity index (χ2n) is 4.43. The zero-order valence-electron chi connectivity index (χ0n) is 12.1. The number of halogens is 3. The molecular formula is C14H21ClF2N2O2. The molecule has 0 aliphatic rings. The van der Waals surface area contributed by atoms with E-state index in [-0.39, 0.29) is 36.5 Å². The lowest BCUT2D eigenvalue weighted by Crippen LogP contribution is -2.39. The number of para-hydroxylation sites is 1. The molecule has 1 atom stereocenters. The standard InChI is InChI=1S/C14H20F2N2O2.ClH/c1-3-17-10(2)9-18-13(19)8-11-6-4-5-7-12(11)20-14(15)16;/h4-7,10,14,17H,3,8-9H2,1-2H3,(H,18,19);1H/t10-;/m1./s1. The highest BCUT2D eigenvalue weighted by Crippen LogP contribution is 2.20. The van der Waals surface area contributed by atoms with Gasteiger partial charge in [0.1, 0.15) is 5.75 Å². The van der Waals surface area contributed by atoms with E-state index < -0.39 is 6.61 Å². The summed E-state index contributed by atoms with van der Waals surface area (Å²) in [6.07, 6.45) is 0.0156. The third-order valence-electron chi connectivity index (χ3n) is 2.70. The highest BCUT2D eigenvalue weighted by molar-refractivity contribution is 5.85. The molecular weight excluding hydrogens is 302 g/mol. The predicted octanol–water partition coefficient (Wildman–Crippen LogP) is 2.37. The van der Waals surface area contributed by atoms with Gasteiger partial charge in [-0.3, -0.25) is 4.79 Å². The molecule has 0 aromatic heterocycles. The lowest BCUT2D eigenvalue weighted by atomic mass is 10.1. The fraction of sp³-hybridized carbons (Fsp3) is 0.500. The Hall–Kier alpha value is -1.40. The van der Waals surface area contributed by atoms with Crippen LogP contribution in [0, 0.1) is 0 Å². The van der Waals surface area contributed by atoms with E-state index in [1.807, 2.05) is 13.8 Å². The molecule has 0 fully saturated rings. The normalized spacial score (nSPS) is 11.7. The summed E-state index contributed by atoms with van der Waals surface area (Å²) < 4.78 is 28.9. The quantitative estimate of drug-likeness (QED) is 0.772. The number of hydrogen-bond donors (Lipinski definition) is 2. The van der Waals surface area contributed by atoms with E-state index in [1.165, 1.54) is 6.07 Å². The zero-order valence-corrected chi connectivity index (χ0v) is 12.9. The molecule has 4 nitrogen and oxygen atoms in total. The van der Waals surface area contributed by atoms with E-state index in [9.17, 15) is 13.6 Å². The summed E-state index contributed by atoms with van der Waals surface area (Å²) >= 11 is 0. The first kappa shape index (κ1) is 19.6. The van der Waals surface area contributed by atoms with Crippen molar-refractivity contribution in [2.75, 3.05) is 13.1 Å². The molecule has 0 radical (unpaired) electrons. The molecule has 1 amide bonds. The molecule has 7 heteroatoms. The van der Waals surface area contributed by atoms with Crippen molar-refractivity contribution in [3.63, 3.8) is 0 Å². The fourth-order valence-electron chi connectivity index (χ4n) is 1.78. The van der Waals surface area contributed by atoms with Gasteiger partial charge in [-0.25, -0.2) is 0 Å². The Labute approximate surface area is 129 Å². The lowest BCUT2D eigenvalue weighted by molar-refractivity contribution is -0.120. The van der Waals surface area contributed by atoms with Crippen LogP contribution in [0.5, 0.6) is 5.75 Å². The number of alkyl halides is 2. The third-order valence-corrected chi connectivity index (χ3v) is 2.70. The predicted molar refractivity (Wildman–Crippen MR) is 80.2 cm³/mol. The second-order valence-corrected chi connectivity index (χ2v) is 4.43. The Morgan fingerprint density at radius 3 is 2.62 bits per heavy atom. The maximum absolute atomic E-state index is 12.2. The van der Waals surface area contributed by atoms with E-state index in [1.54, 1.807) is 18.2 Å². The minimum atomic E-state index is -2.90. The number of carbonyl (C=O) groups excluding carboxylic acids is 1. The van der Waals surface area contributed by atoms with Gasteiger partial charge in [0.25, 0.3) is 0 Å². The molecule has 0 unspecified atom stereocenters. The van der Waals surface area contributed by atoms with Crippen molar-refractivity contribution in [2.24, 2.45) is 0 Å². The summed E-state index contributed by atoms with van der Waals surface area (Å²) in [5.41, 5.74) is 0.446. The van der Waals surface area contributed by atoms with Crippen molar-refractivity contribution >= 4 is 18.3 Å². The fourth-order valence-corrected chi connectivity index (χ4v) is 1.78.